The first kappa shape index (κ1) is 14.0. The van der Waals surface area contributed by atoms with Crippen LogP contribution < -0.4 is 11.1 Å². The molecule has 3 N–H and O–H groups in total. The number of benzene rings is 2. The van der Waals surface area contributed by atoms with E-state index in [9.17, 15) is 9.18 Å². The number of hydrogen-bond acceptors (Lipinski definition) is 2. The van der Waals surface area contributed by atoms with Gasteiger partial charge in [-0.1, -0.05) is 6.07 Å². The van der Waals surface area contributed by atoms with Crippen LogP contribution in [0.3, 0.4) is 0 Å². The van der Waals surface area contributed by atoms with Crippen molar-refractivity contribution in [3.8, 4) is 0 Å². The lowest BCUT2D eigenvalue weighted by Gasteiger charge is -2.09. The van der Waals surface area contributed by atoms with Crippen molar-refractivity contribution >= 4 is 49.1 Å². The van der Waals surface area contributed by atoms with Crippen molar-refractivity contribution in [3.05, 3.63) is 56.7 Å². The Kier molecular flexibility index (Phi) is 4.21. The highest BCUT2D eigenvalue weighted by Crippen LogP contribution is 2.25. The third-order valence-corrected chi connectivity index (χ3v) is 3.80. The summed E-state index contributed by atoms with van der Waals surface area (Å²) in [4.78, 5) is 12.0. The van der Waals surface area contributed by atoms with E-state index in [0.717, 1.165) is 0 Å². The fourth-order valence-electron chi connectivity index (χ4n) is 1.51. The predicted molar refractivity (Wildman–Crippen MR) is 80.6 cm³/mol. The van der Waals surface area contributed by atoms with E-state index in [1.165, 1.54) is 12.1 Å². The van der Waals surface area contributed by atoms with Crippen LogP contribution in [0.1, 0.15) is 10.4 Å². The average molecular weight is 388 g/mol. The number of halogens is 3. The molecule has 2 aromatic carbocycles. The maximum absolute atomic E-state index is 13.6. The number of amides is 1. The Bertz CT molecular complexity index is 626. The fraction of sp³-hybridized carbons (Fsp3) is 0. The summed E-state index contributed by atoms with van der Waals surface area (Å²) in [5.41, 5.74) is 6.71. The van der Waals surface area contributed by atoms with Crippen LogP contribution in [0.25, 0.3) is 0 Å². The maximum atomic E-state index is 13.6. The zero-order valence-electron chi connectivity index (χ0n) is 9.58. The number of nitrogens with one attached hydrogen (secondary N) is 1. The van der Waals surface area contributed by atoms with Crippen molar-refractivity contribution in [2.45, 2.75) is 0 Å². The Hall–Kier alpha value is -1.40. The molecule has 6 heteroatoms. The largest absolute Gasteiger partial charge is 0.398 e. The number of rotatable bonds is 2. The summed E-state index contributed by atoms with van der Waals surface area (Å²) in [6.07, 6.45) is 0. The first-order chi connectivity index (χ1) is 8.99. The molecule has 3 nitrogen and oxygen atoms in total. The minimum absolute atomic E-state index is 0.0320. The van der Waals surface area contributed by atoms with Crippen LogP contribution in [0.15, 0.2) is 45.3 Å². The van der Waals surface area contributed by atoms with Crippen molar-refractivity contribution in [1.82, 2.24) is 0 Å². The molecule has 0 fully saturated rings. The van der Waals surface area contributed by atoms with Crippen molar-refractivity contribution in [2.24, 2.45) is 0 Å². The molecule has 98 valence electrons. The van der Waals surface area contributed by atoms with E-state index in [2.05, 4.69) is 37.2 Å². The highest BCUT2D eigenvalue weighted by atomic mass is 79.9. The van der Waals surface area contributed by atoms with Crippen LogP contribution >= 0.6 is 31.9 Å². The van der Waals surface area contributed by atoms with Gasteiger partial charge in [0.05, 0.1) is 5.56 Å². The van der Waals surface area contributed by atoms with Gasteiger partial charge in [-0.2, -0.15) is 0 Å². The Morgan fingerprint density at radius 1 is 1.16 bits per heavy atom. The van der Waals surface area contributed by atoms with Crippen molar-refractivity contribution in [2.75, 3.05) is 11.1 Å². The van der Waals surface area contributed by atoms with Crippen molar-refractivity contribution in [1.29, 1.82) is 0 Å². The number of carbonyl (C=O) groups is 1. The lowest BCUT2D eigenvalue weighted by atomic mass is 10.2. The van der Waals surface area contributed by atoms with Gasteiger partial charge in [0.15, 0.2) is 0 Å². The molecule has 0 aliphatic heterocycles. The molecule has 0 bridgehead atoms. The van der Waals surface area contributed by atoms with Gasteiger partial charge in [0.2, 0.25) is 0 Å². The molecule has 0 spiro atoms. The van der Waals surface area contributed by atoms with Gasteiger partial charge in [-0.25, -0.2) is 4.39 Å². The summed E-state index contributed by atoms with van der Waals surface area (Å²) in [6.45, 7) is 0. The SMILES string of the molecule is Nc1ccc(NC(=O)c2c(F)cccc2Br)cc1Br. The van der Waals surface area contributed by atoms with Crippen LogP contribution in [0.4, 0.5) is 15.8 Å². The molecule has 0 aromatic heterocycles. The molecule has 0 saturated carbocycles. The second kappa shape index (κ2) is 5.71. The third kappa shape index (κ3) is 3.13. The third-order valence-electron chi connectivity index (χ3n) is 2.45. The molecule has 0 radical (unpaired) electrons. The normalized spacial score (nSPS) is 10.3. The van der Waals surface area contributed by atoms with E-state index >= 15 is 0 Å². The van der Waals surface area contributed by atoms with E-state index in [-0.39, 0.29) is 5.56 Å². The number of carbonyl (C=O) groups excluding carboxylic acids is 1. The standard InChI is InChI=1S/C13H9Br2FN2O/c14-8-2-1-3-10(16)12(8)13(19)18-7-4-5-11(17)9(15)6-7/h1-6H,17H2,(H,18,19). The maximum Gasteiger partial charge on any atom is 0.259 e. The quantitative estimate of drug-likeness (QED) is 0.759. The van der Waals surface area contributed by atoms with Gasteiger partial charge in [0.25, 0.3) is 5.91 Å². The molecule has 0 heterocycles. The van der Waals surface area contributed by atoms with Crippen LogP contribution in [-0.4, -0.2) is 5.91 Å². The molecule has 0 atom stereocenters. The summed E-state index contributed by atoms with van der Waals surface area (Å²) in [6, 6.07) is 9.32. The van der Waals surface area contributed by atoms with Crippen molar-refractivity contribution in [3.63, 3.8) is 0 Å². The number of nitrogen functional groups attached to an aromatic ring is 1. The fourth-order valence-corrected chi connectivity index (χ4v) is 2.41. The molecule has 2 aromatic rings. The zero-order valence-corrected chi connectivity index (χ0v) is 12.8. The zero-order chi connectivity index (χ0) is 14.0. The molecule has 0 aliphatic rings. The summed E-state index contributed by atoms with van der Waals surface area (Å²) in [5.74, 6) is -1.11. The lowest BCUT2D eigenvalue weighted by Crippen LogP contribution is -2.14. The van der Waals surface area contributed by atoms with Gasteiger partial charge in [0.1, 0.15) is 5.82 Å². The van der Waals surface area contributed by atoms with Crippen LogP contribution in [-0.2, 0) is 0 Å². The van der Waals surface area contributed by atoms with Gasteiger partial charge in [-0.15, -0.1) is 0 Å². The smallest absolute Gasteiger partial charge is 0.259 e. The van der Waals surface area contributed by atoms with E-state index in [4.69, 9.17) is 5.73 Å². The average Bonchev–Trinajstić information content (AvgIpc) is 2.33. The molecule has 1 amide bonds. The summed E-state index contributed by atoms with van der Waals surface area (Å²) < 4.78 is 14.7. The minimum atomic E-state index is -0.582. The molecule has 2 rings (SSSR count). The van der Waals surface area contributed by atoms with Crippen LogP contribution in [0.2, 0.25) is 0 Å². The first-order valence-corrected chi connectivity index (χ1v) is 6.88. The lowest BCUT2D eigenvalue weighted by molar-refractivity contribution is 0.102. The van der Waals surface area contributed by atoms with Crippen LogP contribution in [0.5, 0.6) is 0 Å². The highest BCUT2D eigenvalue weighted by molar-refractivity contribution is 9.11. The van der Waals surface area contributed by atoms with Crippen molar-refractivity contribution < 1.29 is 9.18 Å². The van der Waals surface area contributed by atoms with Crippen LogP contribution in [0, 0.1) is 5.82 Å². The second-order valence-corrected chi connectivity index (χ2v) is 5.50. The summed E-state index contributed by atoms with van der Waals surface area (Å²) in [7, 11) is 0. The number of hydrogen-bond donors (Lipinski definition) is 2. The van der Waals surface area contributed by atoms with E-state index in [0.29, 0.717) is 20.3 Å². The predicted octanol–water partition coefficient (Wildman–Crippen LogP) is 4.19. The monoisotopic (exact) mass is 386 g/mol. The highest BCUT2D eigenvalue weighted by Gasteiger charge is 2.15. The Balaban J connectivity index is 2.28. The van der Waals surface area contributed by atoms with E-state index in [1.807, 2.05) is 0 Å². The Morgan fingerprint density at radius 2 is 1.89 bits per heavy atom. The van der Waals surface area contributed by atoms with Gasteiger partial charge in [-0.3, -0.25) is 4.79 Å². The summed E-state index contributed by atoms with van der Waals surface area (Å²) in [5, 5.41) is 2.61. The van der Waals surface area contributed by atoms with Gasteiger partial charge in [-0.05, 0) is 62.2 Å². The van der Waals surface area contributed by atoms with Gasteiger partial charge >= 0.3 is 0 Å². The summed E-state index contributed by atoms with van der Waals surface area (Å²) >= 11 is 6.42. The second-order valence-electron chi connectivity index (χ2n) is 3.79. The Morgan fingerprint density at radius 3 is 2.53 bits per heavy atom. The minimum Gasteiger partial charge on any atom is -0.398 e. The molecule has 0 unspecified atom stereocenters. The first-order valence-electron chi connectivity index (χ1n) is 5.29. The molecular weight excluding hydrogens is 379 g/mol. The number of anilines is 2. The van der Waals surface area contributed by atoms with E-state index < -0.39 is 11.7 Å². The van der Waals surface area contributed by atoms with Gasteiger partial charge < -0.3 is 11.1 Å². The number of nitrogens with two attached hydrogens (primary N) is 1. The molecule has 19 heavy (non-hydrogen) atoms. The molecule has 0 aliphatic carbocycles. The van der Waals surface area contributed by atoms with E-state index in [1.54, 1.807) is 24.3 Å². The molecular formula is C13H9Br2FN2O. The van der Waals surface area contributed by atoms with Gasteiger partial charge in [0, 0.05) is 20.3 Å². The Labute approximate surface area is 126 Å². The molecule has 0 saturated heterocycles. The topological polar surface area (TPSA) is 55.1 Å².